The second kappa shape index (κ2) is 8.98. The lowest BCUT2D eigenvalue weighted by Crippen LogP contribution is -2.46. The van der Waals surface area contributed by atoms with Gasteiger partial charge in [0.05, 0.1) is 0 Å². The number of halogens is 2. The summed E-state index contributed by atoms with van der Waals surface area (Å²) in [7, 11) is 1.42. The van der Waals surface area contributed by atoms with Gasteiger partial charge in [0.25, 0.3) is 5.91 Å². The van der Waals surface area contributed by atoms with E-state index in [0.717, 1.165) is 18.2 Å². The van der Waals surface area contributed by atoms with Crippen LogP contribution in [0.5, 0.6) is 0 Å². The van der Waals surface area contributed by atoms with E-state index in [9.17, 15) is 13.6 Å². The summed E-state index contributed by atoms with van der Waals surface area (Å²) in [6.07, 6.45) is 3.53. The Labute approximate surface area is 172 Å². The second-order valence-electron chi connectivity index (χ2n) is 6.58. The Hall–Kier alpha value is -2.36. The fraction of sp³-hybridized carbons (Fsp3) is 0.350. The highest BCUT2D eigenvalue weighted by atomic mass is 32.2. The van der Waals surface area contributed by atoms with Crippen molar-refractivity contribution in [3.63, 3.8) is 0 Å². The molecule has 0 spiro atoms. The van der Waals surface area contributed by atoms with Crippen molar-refractivity contribution in [3.8, 4) is 0 Å². The molecule has 3 rings (SSSR count). The molecular formula is C20H22F2N4O2S. The van der Waals surface area contributed by atoms with Crippen molar-refractivity contribution in [1.82, 2.24) is 9.99 Å². The number of hydrazone groups is 1. The number of nitrogens with zero attached hydrogens (tertiary/aromatic N) is 3. The maximum absolute atomic E-state index is 14.5. The largest absolute Gasteiger partial charge is 0.372 e. The van der Waals surface area contributed by atoms with Crippen LogP contribution in [0, 0.1) is 11.6 Å². The zero-order valence-corrected chi connectivity index (χ0v) is 17.0. The van der Waals surface area contributed by atoms with E-state index < -0.39 is 28.5 Å². The number of ether oxygens (including phenoxy) is 1. The van der Waals surface area contributed by atoms with Crippen molar-refractivity contribution < 1.29 is 18.3 Å². The molecule has 0 radical (unpaired) electrons. The molecule has 2 N–H and O–H groups in total. The fourth-order valence-corrected chi connectivity index (χ4v) is 4.49. The second-order valence-corrected chi connectivity index (χ2v) is 7.84. The minimum absolute atomic E-state index is 0.00335. The van der Waals surface area contributed by atoms with Crippen molar-refractivity contribution in [2.75, 3.05) is 13.7 Å². The van der Waals surface area contributed by atoms with Gasteiger partial charge in [-0.3, -0.25) is 9.78 Å². The van der Waals surface area contributed by atoms with Gasteiger partial charge in [0.1, 0.15) is 27.7 Å². The molecule has 1 aliphatic heterocycles. The molecule has 9 heteroatoms. The molecule has 1 aromatic heterocycles. The molecule has 0 aliphatic carbocycles. The lowest BCUT2D eigenvalue weighted by molar-refractivity contribution is -0.144. The topological polar surface area (TPSA) is 80.8 Å². The first-order valence-corrected chi connectivity index (χ1v) is 9.95. The predicted molar refractivity (Wildman–Crippen MR) is 108 cm³/mol. The van der Waals surface area contributed by atoms with Crippen LogP contribution in [-0.2, 0) is 14.4 Å². The molecule has 0 fully saturated rings. The normalized spacial score (nSPS) is 19.9. The van der Waals surface area contributed by atoms with Gasteiger partial charge in [-0.05, 0) is 50.6 Å². The molecule has 154 valence electrons. The van der Waals surface area contributed by atoms with Crippen LogP contribution in [0.1, 0.15) is 30.9 Å². The Kier molecular flexibility index (Phi) is 6.61. The Morgan fingerprint density at radius 1 is 1.38 bits per heavy atom. The average Bonchev–Trinajstić information content (AvgIpc) is 3.14. The van der Waals surface area contributed by atoms with Crippen LogP contribution >= 0.6 is 11.8 Å². The summed E-state index contributed by atoms with van der Waals surface area (Å²) in [6, 6.07) is 6.74. The quantitative estimate of drug-likeness (QED) is 0.744. The summed E-state index contributed by atoms with van der Waals surface area (Å²) in [4.78, 5) is 16.3. The number of aromatic nitrogens is 1. The molecule has 2 aromatic rings. The van der Waals surface area contributed by atoms with Gasteiger partial charge in [0, 0.05) is 30.6 Å². The number of hydrogen-bond donors (Lipinski definition) is 1. The first kappa shape index (κ1) is 21.4. The zero-order valence-electron chi connectivity index (χ0n) is 16.1. The molecule has 1 aromatic carbocycles. The van der Waals surface area contributed by atoms with Gasteiger partial charge in [0.2, 0.25) is 0 Å². The summed E-state index contributed by atoms with van der Waals surface area (Å²) in [5, 5.41) is 5.93. The van der Waals surface area contributed by atoms with E-state index in [0.29, 0.717) is 24.9 Å². The van der Waals surface area contributed by atoms with E-state index in [1.54, 1.807) is 25.4 Å². The van der Waals surface area contributed by atoms with Gasteiger partial charge in [-0.1, -0.05) is 17.8 Å². The Bertz CT molecular complexity index is 913. The number of methoxy groups -OCH3 is 1. The monoisotopic (exact) mass is 420 g/mol. The summed E-state index contributed by atoms with van der Waals surface area (Å²) < 4.78 is 33.5. The van der Waals surface area contributed by atoms with Crippen molar-refractivity contribution in [2.24, 2.45) is 10.8 Å². The summed E-state index contributed by atoms with van der Waals surface area (Å²) in [5.41, 5.74) is 6.45. The summed E-state index contributed by atoms with van der Waals surface area (Å²) in [6.45, 7) is 2.01. The lowest BCUT2D eigenvalue weighted by Gasteiger charge is -2.36. The van der Waals surface area contributed by atoms with E-state index in [-0.39, 0.29) is 10.6 Å². The molecule has 0 saturated heterocycles. The predicted octanol–water partition coefficient (Wildman–Crippen LogP) is 3.22. The zero-order chi connectivity index (χ0) is 21.0. The highest BCUT2D eigenvalue weighted by Gasteiger charge is 2.49. The molecule has 0 saturated carbocycles. The van der Waals surface area contributed by atoms with Crippen molar-refractivity contribution in [3.05, 3.63) is 65.5 Å². The van der Waals surface area contributed by atoms with Gasteiger partial charge in [-0.25, -0.2) is 13.8 Å². The number of carbonyl (C=O) groups is 1. The van der Waals surface area contributed by atoms with Crippen LogP contribution in [0.25, 0.3) is 0 Å². The first-order chi connectivity index (χ1) is 13.9. The molecule has 1 aliphatic rings. The molecule has 0 bridgehead atoms. The molecule has 29 heavy (non-hydrogen) atoms. The third kappa shape index (κ3) is 4.17. The molecule has 2 atom stereocenters. The Balaban J connectivity index is 2.15. The smallest absolute Gasteiger partial charge is 0.273 e. The number of amides is 1. The van der Waals surface area contributed by atoms with Gasteiger partial charge in [0.15, 0.2) is 0 Å². The maximum Gasteiger partial charge on any atom is 0.273 e. The van der Waals surface area contributed by atoms with Crippen LogP contribution in [0.4, 0.5) is 8.78 Å². The average molecular weight is 420 g/mol. The van der Waals surface area contributed by atoms with Gasteiger partial charge >= 0.3 is 0 Å². The van der Waals surface area contributed by atoms with Crippen molar-refractivity contribution >= 4 is 22.7 Å². The van der Waals surface area contributed by atoms with Crippen molar-refractivity contribution in [2.45, 2.75) is 30.7 Å². The Morgan fingerprint density at radius 3 is 2.83 bits per heavy atom. The van der Waals surface area contributed by atoms with E-state index in [2.05, 4.69) is 10.1 Å². The number of rotatable bonds is 7. The van der Waals surface area contributed by atoms with E-state index in [1.165, 1.54) is 23.9 Å². The van der Waals surface area contributed by atoms with Crippen LogP contribution < -0.4 is 5.73 Å². The SMILES string of the molecule is CO[C@@H](C)C(=O)N1N=C(c2cc(F)ccc2F)SC1(CCCN)c1cccnc1. The van der Waals surface area contributed by atoms with Crippen LogP contribution in [0.2, 0.25) is 0 Å². The van der Waals surface area contributed by atoms with E-state index in [4.69, 9.17) is 10.5 Å². The maximum atomic E-state index is 14.5. The summed E-state index contributed by atoms with van der Waals surface area (Å²) in [5.74, 6) is -1.60. The summed E-state index contributed by atoms with van der Waals surface area (Å²) >= 11 is 1.19. The molecule has 1 unspecified atom stereocenters. The molecule has 1 amide bonds. The van der Waals surface area contributed by atoms with Crippen LogP contribution in [-0.4, -0.2) is 40.7 Å². The Morgan fingerprint density at radius 2 is 2.17 bits per heavy atom. The van der Waals surface area contributed by atoms with Crippen molar-refractivity contribution in [1.29, 1.82) is 0 Å². The van der Waals surface area contributed by atoms with Gasteiger partial charge in [-0.15, -0.1) is 0 Å². The minimum Gasteiger partial charge on any atom is -0.372 e. The first-order valence-electron chi connectivity index (χ1n) is 9.13. The van der Waals surface area contributed by atoms with E-state index >= 15 is 0 Å². The van der Waals surface area contributed by atoms with E-state index in [1.807, 2.05) is 6.07 Å². The molecular weight excluding hydrogens is 398 g/mol. The standard InChI is InChI=1S/C20H22F2N4O2S/c1-13(28-2)19(27)26-20(8-4-9-23,14-5-3-10-24-12-14)29-18(25-26)16-11-15(21)6-7-17(16)22/h3,5-7,10-13H,4,8-9,23H2,1-2H3/t13-,20?/m0/s1. The van der Waals surface area contributed by atoms with Gasteiger partial charge in [-0.2, -0.15) is 5.10 Å². The molecule has 2 heterocycles. The highest BCUT2D eigenvalue weighted by molar-refractivity contribution is 8.15. The number of benzene rings is 1. The third-order valence-electron chi connectivity index (χ3n) is 4.70. The van der Waals surface area contributed by atoms with Crippen LogP contribution in [0.15, 0.2) is 47.8 Å². The molecule has 6 nitrogen and oxygen atoms in total. The van der Waals surface area contributed by atoms with Gasteiger partial charge < -0.3 is 10.5 Å². The fourth-order valence-electron chi connectivity index (χ4n) is 3.08. The number of carbonyl (C=O) groups excluding carboxylic acids is 1. The number of nitrogens with two attached hydrogens (primary N) is 1. The third-order valence-corrected chi connectivity index (χ3v) is 6.15. The lowest BCUT2D eigenvalue weighted by atomic mass is 10.0. The number of hydrogen-bond acceptors (Lipinski definition) is 6. The number of pyridine rings is 1. The minimum atomic E-state index is -0.994. The highest BCUT2D eigenvalue weighted by Crippen LogP contribution is 2.50. The number of thioether (sulfide) groups is 1. The van der Waals surface area contributed by atoms with Crippen LogP contribution in [0.3, 0.4) is 0 Å².